The Bertz CT molecular complexity index is 584. The number of carbonyl (C=O) groups excluding carboxylic acids is 1. The monoisotopic (exact) mass is 286 g/mol. The summed E-state index contributed by atoms with van der Waals surface area (Å²) in [6.45, 7) is -1.65. The Hall–Kier alpha value is -2.58. The van der Waals surface area contributed by atoms with Crippen molar-refractivity contribution in [3.8, 4) is 5.69 Å². The Morgan fingerprint density at radius 1 is 1.35 bits per heavy atom. The largest absolute Gasteiger partial charge is 0.440 e. The molecule has 0 fully saturated rings. The zero-order chi connectivity index (χ0) is 14.6. The average molecular weight is 286 g/mol. The van der Waals surface area contributed by atoms with Crippen LogP contribution in [-0.2, 0) is 4.74 Å². The molecule has 2 aromatic rings. The van der Waals surface area contributed by atoms with Gasteiger partial charge in [-0.2, -0.15) is 18.3 Å². The molecular formula is C11H9F3N4O2. The first kappa shape index (κ1) is 13.8. The number of halogens is 3. The van der Waals surface area contributed by atoms with E-state index in [2.05, 4.69) is 20.1 Å². The molecule has 106 valence electrons. The Labute approximate surface area is 111 Å². The number of aromatic nitrogens is 3. The zero-order valence-electron chi connectivity index (χ0n) is 9.96. The summed E-state index contributed by atoms with van der Waals surface area (Å²) >= 11 is 0. The molecule has 1 aromatic heterocycles. The van der Waals surface area contributed by atoms with Crippen LogP contribution in [0.15, 0.2) is 36.9 Å². The Morgan fingerprint density at radius 2 is 2.10 bits per heavy atom. The number of hydrogen-bond donors (Lipinski definition) is 1. The maximum Gasteiger partial charge on any atom is 0.422 e. The number of hydrogen-bond acceptors (Lipinski definition) is 4. The van der Waals surface area contributed by atoms with Gasteiger partial charge in [-0.05, 0) is 12.1 Å². The van der Waals surface area contributed by atoms with Gasteiger partial charge in [0.2, 0.25) is 0 Å². The number of alkyl halides is 3. The van der Waals surface area contributed by atoms with Crippen molar-refractivity contribution in [1.82, 2.24) is 14.8 Å². The van der Waals surface area contributed by atoms with E-state index in [4.69, 9.17) is 0 Å². The predicted octanol–water partition coefficient (Wildman–Crippen LogP) is 2.38. The van der Waals surface area contributed by atoms with Crippen molar-refractivity contribution >= 4 is 11.8 Å². The van der Waals surface area contributed by atoms with E-state index in [0.29, 0.717) is 5.69 Å². The number of carbonyl (C=O) groups is 1. The lowest BCUT2D eigenvalue weighted by molar-refractivity contribution is -0.159. The zero-order valence-corrected chi connectivity index (χ0v) is 9.96. The molecule has 1 amide bonds. The predicted molar refractivity (Wildman–Crippen MR) is 62.4 cm³/mol. The van der Waals surface area contributed by atoms with Crippen molar-refractivity contribution in [2.75, 3.05) is 11.9 Å². The summed E-state index contributed by atoms with van der Waals surface area (Å²) in [5.74, 6) is 0. The van der Waals surface area contributed by atoms with Crippen molar-refractivity contribution in [3.63, 3.8) is 0 Å². The SMILES string of the molecule is O=C(Nc1ccccc1-n1cncn1)OCC(F)(F)F. The van der Waals surface area contributed by atoms with E-state index in [1.165, 1.54) is 23.4 Å². The molecule has 0 spiro atoms. The van der Waals surface area contributed by atoms with E-state index in [1.807, 2.05) is 0 Å². The standard InChI is InChI=1S/C11H9F3N4O2/c12-11(13,14)5-20-10(19)17-8-3-1-2-4-9(8)18-7-15-6-16-18/h1-4,6-7H,5H2,(H,17,19). The number of benzene rings is 1. The van der Waals surface area contributed by atoms with Crippen LogP contribution in [0.1, 0.15) is 0 Å². The highest BCUT2D eigenvalue weighted by atomic mass is 19.4. The van der Waals surface area contributed by atoms with Gasteiger partial charge >= 0.3 is 12.3 Å². The number of rotatable bonds is 3. The second-order valence-corrected chi connectivity index (χ2v) is 3.67. The molecule has 0 aliphatic heterocycles. The van der Waals surface area contributed by atoms with Gasteiger partial charge in [0.1, 0.15) is 12.7 Å². The quantitative estimate of drug-likeness (QED) is 0.940. The van der Waals surface area contributed by atoms with Crippen LogP contribution in [0.3, 0.4) is 0 Å². The maximum absolute atomic E-state index is 11.9. The van der Waals surface area contributed by atoms with Gasteiger partial charge in [0, 0.05) is 0 Å². The van der Waals surface area contributed by atoms with Crippen LogP contribution in [0.2, 0.25) is 0 Å². The summed E-state index contributed by atoms with van der Waals surface area (Å²) in [6.07, 6.45) is -3.09. The van der Waals surface area contributed by atoms with Crippen LogP contribution >= 0.6 is 0 Å². The minimum absolute atomic E-state index is 0.255. The lowest BCUT2D eigenvalue weighted by atomic mass is 10.2. The first-order chi connectivity index (χ1) is 9.46. The van der Waals surface area contributed by atoms with Crippen LogP contribution in [-0.4, -0.2) is 33.6 Å². The second kappa shape index (κ2) is 5.59. The van der Waals surface area contributed by atoms with Gasteiger partial charge in [-0.1, -0.05) is 12.1 Å². The third-order valence-corrected chi connectivity index (χ3v) is 2.17. The molecule has 0 aliphatic rings. The summed E-state index contributed by atoms with van der Waals surface area (Å²) in [5.41, 5.74) is 0.708. The molecule has 9 heteroatoms. The first-order valence-corrected chi connectivity index (χ1v) is 5.40. The van der Waals surface area contributed by atoms with E-state index in [1.54, 1.807) is 18.2 Å². The lowest BCUT2D eigenvalue weighted by Crippen LogP contribution is -2.23. The number of para-hydroxylation sites is 2. The van der Waals surface area contributed by atoms with E-state index in [0.717, 1.165) is 0 Å². The Balaban J connectivity index is 2.08. The Kier molecular flexibility index (Phi) is 3.87. The average Bonchev–Trinajstić information content (AvgIpc) is 2.90. The lowest BCUT2D eigenvalue weighted by Gasteiger charge is -2.11. The van der Waals surface area contributed by atoms with Crippen molar-refractivity contribution < 1.29 is 22.7 Å². The summed E-state index contributed by atoms with van der Waals surface area (Å²) in [6, 6.07) is 6.42. The summed E-state index contributed by atoms with van der Waals surface area (Å²) in [5, 5.41) is 6.09. The fourth-order valence-corrected chi connectivity index (χ4v) is 1.41. The third kappa shape index (κ3) is 3.70. The fraction of sp³-hybridized carbons (Fsp3) is 0.182. The van der Waals surface area contributed by atoms with Gasteiger partial charge in [0.05, 0.1) is 11.4 Å². The smallest absolute Gasteiger partial charge is 0.422 e. The molecule has 20 heavy (non-hydrogen) atoms. The fourth-order valence-electron chi connectivity index (χ4n) is 1.41. The minimum Gasteiger partial charge on any atom is -0.440 e. The van der Waals surface area contributed by atoms with Crippen molar-refractivity contribution in [3.05, 3.63) is 36.9 Å². The van der Waals surface area contributed by atoms with Crippen LogP contribution < -0.4 is 5.32 Å². The molecule has 1 N–H and O–H groups in total. The van der Waals surface area contributed by atoms with Crippen LogP contribution in [0.4, 0.5) is 23.7 Å². The molecule has 6 nitrogen and oxygen atoms in total. The minimum atomic E-state index is -4.57. The van der Waals surface area contributed by atoms with Gasteiger partial charge in [-0.3, -0.25) is 5.32 Å². The molecule has 0 aliphatic carbocycles. The molecular weight excluding hydrogens is 277 g/mol. The van der Waals surface area contributed by atoms with E-state index < -0.39 is 18.9 Å². The molecule has 0 bridgehead atoms. The highest BCUT2D eigenvalue weighted by Gasteiger charge is 2.29. The van der Waals surface area contributed by atoms with Gasteiger partial charge < -0.3 is 4.74 Å². The van der Waals surface area contributed by atoms with Crippen LogP contribution in [0.25, 0.3) is 5.69 Å². The summed E-state index contributed by atoms with van der Waals surface area (Å²) in [7, 11) is 0. The van der Waals surface area contributed by atoms with Crippen molar-refractivity contribution in [1.29, 1.82) is 0 Å². The van der Waals surface area contributed by atoms with Gasteiger partial charge in [0.15, 0.2) is 6.61 Å². The van der Waals surface area contributed by atoms with Gasteiger partial charge in [-0.15, -0.1) is 0 Å². The topological polar surface area (TPSA) is 69.0 Å². The molecule has 0 atom stereocenters. The number of anilines is 1. The highest BCUT2D eigenvalue weighted by Crippen LogP contribution is 2.19. The van der Waals surface area contributed by atoms with E-state index in [9.17, 15) is 18.0 Å². The highest BCUT2D eigenvalue weighted by molar-refractivity contribution is 5.87. The summed E-state index contributed by atoms with van der Waals surface area (Å²) < 4.78 is 41.2. The molecule has 0 saturated carbocycles. The second-order valence-electron chi connectivity index (χ2n) is 3.67. The van der Waals surface area contributed by atoms with Crippen LogP contribution in [0, 0.1) is 0 Å². The van der Waals surface area contributed by atoms with Gasteiger partial charge in [-0.25, -0.2) is 14.5 Å². The normalized spacial score (nSPS) is 11.2. The molecule has 2 rings (SSSR count). The first-order valence-electron chi connectivity index (χ1n) is 5.40. The van der Waals surface area contributed by atoms with E-state index in [-0.39, 0.29) is 5.69 Å². The van der Waals surface area contributed by atoms with Crippen LogP contribution in [0.5, 0.6) is 0 Å². The molecule has 0 saturated heterocycles. The molecule has 0 unspecified atom stereocenters. The summed E-state index contributed by atoms with van der Waals surface area (Å²) in [4.78, 5) is 15.0. The van der Waals surface area contributed by atoms with Gasteiger partial charge in [0.25, 0.3) is 0 Å². The maximum atomic E-state index is 11.9. The van der Waals surface area contributed by atoms with E-state index >= 15 is 0 Å². The number of nitrogens with zero attached hydrogens (tertiary/aromatic N) is 3. The molecule has 1 heterocycles. The number of amides is 1. The Morgan fingerprint density at radius 3 is 2.75 bits per heavy atom. The number of nitrogens with one attached hydrogen (secondary N) is 1. The van der Waals surface area contributed by atoms with Crippen molar-refractivity contribution in [2.24, 2.45) is 0 Å². The molecule has 0 radical (unpaired) electrons. The third-order valence-electron chi connectivity index (χ3n) is 2.17. The molecule has 1 aromatic carbocycles. The van der Waals surface area contributed by atoms with Crippen molar-refractivity contribution in [2.45, 2.75) is 6.18 Å². The number of ether oxygens (including phenoxy) is 1.